The van der Waals surface area contributed by atoms with Gasteiger partial charge in [-0.1, -0.05) is 11.6 Å². The van der Waals surface area contributed by atoms with Gasteiger partial charge < -0.3 is 5.73 Å². The summed E-state index contributed by atoms with van der Waals surface area (Å²) in [7, 11) is 0. The van der Waals surface area contributed by atoms with Gasteiger partial charge in [-0.05, 0) is 26.8 Å². The quantitative estimate of drug-likeness (QED) is 0.822. The lowest BCUT2D eigenvalue weighted by atomic mass is 10.4. The molecule has 0 bridgehead atoms. The number of hydrogen-bond donors (Lipinski definition) is 1. The molecule has 6 heteroatoms. The Morgan fingerprint density at radius 3 is 2.19 bits per heavy atom. The minimum atomic E-state index is 0.365. The fourth-order valence-electron chi connectivity index (χ4n) is 1.48. The highest BCUT2D eigenvalue weighted by atomic mass is 35.5. The third kappa shape index (κ3) is 1.74. The normalized spacial score (nSPS) is 10.8. The first-order chi connectivity index (χ1) is 7.49. The minimum Gasteiger partial charge on any atom is -0.382 e. The topological polar surface area (TPSA) is 69.6 Å². The Bertz CT molecular complexity index is 526. The lowest BCUT2D eigenvalue weighted by molar-refractivity contribution is 0.792. The van der Waals surface area contributed by atoms with Gasteiger partial charge in [0.15, 0.2) is 0 Å². The third-order valence-electron chi connectivity index (χ3n) is 2.18. The monoisotopic (exact) mass is 237 g/mol. The van der Waals surface area contributed by atoms with Crippen molar-refractivity contribution in [1.82, 2.24) is 19.7 Å². The number of nitrogen functional groups attached to an aromatic ring is 1. The predicted molar refractivity (Wildman–Crippen MR) is 62.8 cm³/mol. The third-order valence-corrected chi connectivity index (χ3v) is 2.65. The SMILES string of the molecule is Cc1cc(C)nc(-n2nc(C)c(Cl)c2N)n1. The molecule has 0 unspecified atom stereocenters. The van der Waals surface area contributed by atoms with Crippen LogP contribution in [0.3, 0.4) is 0 Å². The Balaban J connectivity index is 2.62. The first-order valence-corrected chi connectivity index (χ1v) is 5.20. The van der Waals surface area contributed by atoms with Gasteiger partial charge in [0.2, 0.25) is 0 Å². The smallest absolute Gasteiger partial charge is 0.252 e. The first-order valence-electron chi connectivity index (χ1n) is 4.82. The summed E-state index contributed by atoms with van der Waals surface area (Å²) in [6.07, 6.45) is 0. The van der Waals surface area contributed by atoms with Gasteiger partial charge in [0.25, 0.3) is 5.95 Å². The summed E-state index contributed by atoms with van der Waals surface area (Å²) in [4.78, 5) is 8.54. The van der Waals surface area contributed by atoms with Gasteiger partial charge >= 0.3 is 0 Å². The van der Waals surface area contributed by atoms with Crippen molar-refractivity contribution in [3.63, 3.8) is 0 Å². The molecular weight excluding hydrogens is 226 g/mol. The molecule has 0 aliphatic rings. The van der Waals surface area contributed by atoms with Crippen molar-refractivity contribution in [1.29, 1.82) is 0 Å². The van der Waals surface area contributed by atoms with Gasteiger partial charge in [0, 0.05) is 11.4 Å². The van der Waals surface area contributed by atoms with E-state index in [1.165, 1.54) is 4.68 Å². The molecule has 0 fully saturated rings. The molecule has 0 aliphatic heterocycles. The summed E-state index contributed by atoms with van der Waals surface area (Å²) in [6.45, 7) is 5.58. The number of rotatable bonds is 1. The van der Waals surface area contributed by atoms with Crippen LogP contribution in [-0.2, 0) is 0 Å². The molecule has 16 heavy (non-hydrogen) atoms. The molecule has 0 spiro atoms. The molecule has 0 aliphatic carbocycles. The highest BCUT2D eigenvalue weighted by molar-refractivity contribution is 6.33. The molecule has 2 rings (SSSR count). The van der Waals surface area contributed by atoms with Crippen LogP contribution in [0.5, 0.6) is 0 Å². The Kier molecular flexibility index (Phi) is 2.55. The van der Waals surface area contributed by atoms with E-state index in [2.05, 4.69) is 15.1 Å². The maximum absolute atomic E-state index is 5.96. The maximum Gasteiger partial charge on any atom is 0.252 e. The van der Waals surface area contributed by atoms with Crippen LogP contribution >= 0.6 is 11.6 Å². The van der Waals surface area contributed by atoms with Crippen LogP contribution in [0.15, 0.2) is 6.07 Å². The van der Waals surface area contributed by atoms with Crippen molar-refractivity contribution < 1.29 is 0 Å². The molecule has 5 nitrogen and oxygen atoms in total. The van der Waals surface area contributed by atoms with Crippen LogP contribution < -0.4 is 5.73 Å². The largest absolute Gasteiger partial charge is 0.382 e. The highest BCUT2D eigenvalue weighted by Gasteiger charge is 2.13. The molecule has 0 saturated heterocycles. The van der Waals surface area contributed by atoms with E-state index in [1.54, 1.807) is 6.92 Å². The number of halogens is 1. The van der Waals surface area contributed by atoms with Gasteiger partial charge in [-0.2, -0.15) is 9.78 Å². The van der Waals surface area contributed by atoms with Crippen molar-refractivity contribution in [2.24, 2.45) is 0 Å². The highest BCUT2D eigenvalue weighted by Crippen LogP contribution is 2.23. The van der Waals surface area contributed by atoms with E-state index in [1.807, 2.05) is 19.9 Å². The van der Waals surface area contributed by atoms with Crippen LogP contribution in [0.2, 0.25) is 5.02 Å². The predicted octanol–water partition coefficient (Wildman–Crippen LogP) is 1.82. The second-order valence-electron chi connectivity index (χ2n) is 3.65. The molecule has 2 aromatic heterocycles. The Morgan fingerprint density at radius 2 is 1.75 bits per heavy atom. The molecule has 0 saturated carbocycles. The number of anilines is 1. The van der Waals surface area contributed by atoms with Crippen LogP contribution in [0, 0.1) is 20.8 Å². The van der Waals surface area contributed by atoms with E-state index in [0.717, 1.165) is 11.4 Å². The van der Waals surface area contributed by atoms with Crippen molar-refractivity contribution >= 4 is 17.4 Å². The summed E-state index contributed by atoms with van der Waals surface area (Å²) in [5.74, 6) is 0.814. The average molecular weight is 238 g/mol. The zero-order valence-electron chi connectivity index (χ0n) is 9.32. The zero-order valence-corrected chi connectivity index (χ0v) is 10.1. The molecule has 0 amide bonds. The lowest BCUT2D eigenvalue weighted by Gasteiger charge is -2.04. The van der Waals surface area contributed by atoms with E-state index in [0.29, 0.717) is 22.5 Å². The zero-order chi connectivity index (χ0) is 11.9. The summed E-state index contributed by atoms with van der Waals surface area (Å²) in [6, 6.07) is 1.89. The Labute approximate surface area is 98.3 Å². The van der Waals surface area contributed by atoms with E-state index < -0.39 is 0 Å². The lowest BCUT2D eigenvalue weighted by Crippen LogP contribution is -2.08. The fourth-order valence-corrected chi connectivity index (χ4v) is 1.60. The Morgan fingerprint density at radius 1 is 1.19 bits per heavy atom. The number of nitrogens with zero attached hydrogens (tertiary/aromatic N) is 4. The molecule has 2 aromatic rings. The van der Waals surface area contributed by atoms with Crippen LogP contribution in [-0.4, -0.2) is 19.7 Å². The first kappa shape index (κ1) is 10.9. The van der Waals surface area contributed by atoms with E-state index in [4.69, 9.17) is 17.3 Å². The summed E-state index contributed by atoms with van der Waals surface area (Å²) < 4.78 is 1.46. The average Bonchev–Trinajstić information content (AvgIpc) is 2.44. The number of aromatic nitrogens is 4. The molecule has 0 aromatic carbocycles. The van der Waals surface area contributed by atoms with E-state index in [-0.39, 0.29) is 0 Å². The van der Waals surface area contributed by atoms with Gasteiger partial charge in [0.05, 0.1) is 5.69 Å². The number of aryl methyl sites for hydroxylation is 3. The number of hydrogen-bond acceptors (Lipinski definition) is 4. The Hall–Kier alpha value is -1.62. The maximum atomic E-state index is 5.96. The van der Waals surface area contributed by atoms with Crippen molar-refractivity contribution in [3.8, 4) is 5.95 Å². The molecular formula is C10H12ClN5. The van der Waals surface area contributed by atoms with Crippen LogP contribution in [0.1, 0.15) is 17.1 Å². The molecule has 84 valence electrons. The van der Waals surface area contributed by atoms with Gasteiger partial charge in [-0.15, -0.1) is 0 Å². The van der Waals surface area contributed by atoms with E-state index >= 15 is 0 Å². The molecule has 2 heterocycles. The van der Waals surface area contributed by atoms with Gasteiger partial charge in [0.1, 0.15) is 10.8 Å². The minimum absolute atomic E-state index is 0.365. The molecule has 0 radical (unpaired) electrons. The standard InChI is InChI=1S/C10H12ClN5/c1-5-4-6(2)14-10(13-5)16-9(12)8(11)7(3)15-16/h4H,12H2,1-3H3. The summed E-state index contributed by atoms with van der Waals surface area (Å²) >= 11 is 5.96. The van der Waals surface area contributed by atoms with Crippen molar-refractivity contribution in [2.75, 3.05) is 5.73 Å². The molecule has 2 N–H and O–H groups in total. The number of nitrogens with two attached hydrogens (primary N) is 1. The summed E-state index contributed by atoms with van der Waals surface area (Å²) in [5.41, 5.74) is 8.23. The van der Waals surface area contributed by atoms with E-state index in [9.17, 15) is 0 Å². The van der Waals surface area contributed by atoms with Gasteiger partial charge in [-0.3, -0.25) is 0 Å². The van der Waals surface area contributed by atoms with Crippen molar-refractivity contribution in [2.45, 2.75) is 20.8 Å². The fraction of sp³-hybridized carbons (Fsp3) is 0.300. The van der Waals surface area contributed by atoms with Gasteiger partial charge in [-0.25, -0.2) is 9.97 Å². The van der Waals surface area contributed by atoms with Crippen LogP contribution in [0.25, 0.3) is 5.95 Å². The second kappa shape index (κ2) is 3.75. The summed E-state index contributed by atoms with van der Waals surface area (Å²) in [5, 5.41) is 4.64. The van der Waals surface area contributed by atoms with Crippen LogP contribution in [0.4, 0.5) is 5.82 Å². The molecule has 0 atom stereocenters. The van der Waals surface area contributed by atoms with Crippen molar-refractivity contribution in [3.05, 3.63) is 28.2 Å². The second-order valence-corrected chi connectivity index (χ2v) is 4.03.